The fraction of sp³-hybridized carbons (Fsp3) is 0.286. The number of rotatable bonds is 3. The van der Waals surface area contributed by atoms with Crippen LogP contribution in [0.2, 0.25) is 0 Å². The Hall–Kier alpha value is -1.18. The Kier molecular flexibility index (Phi) is 4.62. The summed E-state index contributed by atoms with van der Waals surface area (Å²) < 4.78 is 41.1. The van der Waals surface area contributed by atoms with E-state index in [1.165, 1.54) is 12.1 Å². The predicted octanol–water partition coefficient (Wildman–Crippen LogP) is 4.28. The van der Waals surface area contributed by atoms with Crippen LogP contribution in [0.25, 0.3) is 5.70 Å². The molecule has 108 valence electrons. The zero-order valence-electron chi connectivity index (χ0n) is 10.5. The lowest BCUT2D eigenvalue weighted by atomic mass is 10.1. The van der Waals surface area contributed by atoms with Crippen LogP contribution in [-0.2, 0) is 0 Å². The molecular weight excluding hydrogens is 382 g/mol. The average molecular weight is 395 g/mol. The van der Waals surface area contributed by atoms with Crippen molar-refractivity contribution in [2.24, 2.45) is 0 Å². The van der Waals surface area contributed by atoms with Gasteiger partial charge in [-0.2, -0.15) is 13.2 Å². The van der Waals surface area contributed by atoms with Crippen LogP contribution in [0.15, 0.2) is 42.6 Å². The Morgan fingerprint density at radius 1 is 1.30 bits per heavy atom. The van der Waals surface area contributed by atoms with Crippen molar-refractivity contribution < 1.29 is 17.9 Å². The second-order valence-electron chi connectivity index (χ2n) is 4.40. The van der Waals surface area contributed by atoms with E-state index in [4.69, 9.17) is 0 Å². The number of nitrogens with one attached hydrogen (secondary N) is 1. The standard InChI is InChI=1S/C14H13F3INO/c1-9-12(18)6-7-13(19-9)10-2-4-11(5-3-10)20-8-14(15,16)17/h2-5,7,12,19H,1,6,8H2. The minimum absolute atomic E-state index is 0.202. The smallest absolute Gasteiger partial charge is 0.422 e. The minimum atomic E-state index is -4.32. The van der Waals surface area contributed by atoms with E-state index >= 15 is 0 Å². The van der Waals surface area contributed by atoms with Crippen LogP contribution in [0.1, 0.15) is 12.0 Å². The molecule has 0 radical (unpaired) electrons. The summed E-state index contributed by atoms with van der Waals surface area (Å²) in [6.07, 6.45) is -1.38. The Morgan fingerprint density at radius 3 is 2.50 bits per heavy atom. The van der Waals surface area contributed by atoms with Gasteiger partial charge in [-0.1, -0.05) is 35.2 Å². The first-order valence-corrected chi connectivity index (χ1v) is 7.20. The van der Waals surface area contributed by atoms with Crippen LogP contribution in [0, 0.1) is 0 Å². The fourth-order valence-corrected chi connectivity index (χ4v) is 2.16. The van der Waals surface area contributed by atoms with Crippen molar-refractivity contribution in [3.8, 4) is 5.75 Å². The van der Waals surface area contributed by atoms with Gasteiger partial charge in [0.15, 0.2) is 6.61 Å². The molecule has 1 aromatic carbocycles. The number of hydrogen-bond donors (Lipinski definition) is 1. The first-order valence-electron chi connectivity index (χ1n) is 5.95. The molecule has 0 saturated heterocycles. The fourth-order valence-electron chi connectivity index (χ4n) is 1.75. The maximum atomic E-state index is 12.0. The van der Waals surface area contributed by atoms with Gasteiger partial charge in [-0.15, -0.1) is 0 Å². The number of benzene rings is 1. The summed E-state index contributed by atoms with van der Waals surface area (Å²) in [7, 11) is 0. The van der Waals surface area contributed by atoms with E-state index in [1.54, 1.807) is 12.1 Å². The highest BCUT2D eigenvalue weighted by atomic mass is 127. The normalized spacial score (nSPS) is 19.3. The number of allylic oxidation sites excluding steroid dienone is 2. The second kappa shape index (κ2) is 6.07. The summed E-state index contributed by atoms with van der Waals surface area (Å²) >= 11 is 2.30. The highest BCUT2D eigenvalue weighted by Gasteiger charge is 2.28. The molecule has 1 heterocycles. The molecule has 1 aliphatic heterocycles. The van der Waals surface area contributed by atoms with Crippen LogP contribution in [0.5, 0.6) is 5.75 Å². The molecule has 1 aromatic rings. The quantitative estimate of drug-likeness (QED) is 0.610. The van der Waals surface area contributed by atoms with Gasteiger partial charge in [0.2, 0.25) is 0 Å². The molecule has 0 spiro atoms. The van der Waals surface area contributed by atoms with E-state index in [9.17, 15) is 13.2 Å². The first-order chi connectivity index (χ1) is 9.35. The van der Waals surface area contributed by atoms with Crippen molar-refractivity contribution in [2.75, 3.05) is 6.61 Å². The lowest BCUT2D eigenvalue weighted by molar-refractivity contribution is -0.153. The number of alkyl halides is 4. The first kappa shape index (κ1) is 15.2. The van der Waals surface area contributed by atoms with Crippen molar-refractivity contribution in [1.82, 2.24) is 5.32 Å². The Balaban J connectivity index is 2.03. The Bertz CT molecular complexity index is 522. The van der Waals surface area contributed by atoms with Gasteiger partial charge in [-0.3, -0.25) is 0 Å². The molecule has 1 N–H and O–H groups in total. The van der Waals surface area contributed by atoms with E-state index in [2.05, 4.69) is 45.3 Å². The molecule has 0 fully saturated rings. The summed E-state index contributed by atoms with van der Waals surface area (Å²) in [6.45, 7) is 2.66. The lowest BCUT2D eigenvalue weighted by Gasteiger charge is -2.22. The summed E-state index contributed by atoms with van der Waals surface area (Å²) in [6, 6.07) is 6.52. The average Bonchev–Trinajstić information content (AvgIpc) is 2.39. The van der Waals surface area contributed by atoms with Gasteiger partial charge in [-0.25, -0.2) is 0 Å². The molecule has 1 atom stereocenters. The summed E-state index contributed by atoms with van der Waals surface area (Å²) in [4.78, 5) is 0. The number of halogens is 4. The SMILES string of the molecule is C=C1NC(c2ccc(OCC(F)(F)F)cc2)=CCC1I. The third-order valence-corrected chi connectivity index (χ3v) is 4.03. The van der Waals surface area contributed by atoms with Gasteiger partial charge >= 0.3 is 6.18 Å². The van der Waals surface area contributed by atoms with E-state index in [1.807, 2.05) is 0 Å². The molecular formula is C14H13F3INO. The molecule has 0 amide bonds. The van der Waals surface area contributed by atoms with Crippen LogP contribution < -0.4 is 10.1 Å². The highest BCUT2D eigenvalue weighted by molar-refractivity contribution is 14.1. The molecule has 2 rings (SSSR count). The van der Waals surface area contributed by atoms with Crippen LogP contribution in [0.4, 0.5) is 13.2 Å². The third kappa shape index (κ3) is 4.16. The molecule has 6 heteroatoms. The maximum Gasteiger partial charge on any atom is 0.422 e. The molecule has 0 aliphatic carbocycles. The summed E-state index contributed by atoms with van der Waals surface area (Å²) in [5.74, 6) is 0.202. The summed E-state index contributed by atoms with van der Waals surface area (Å²) in [5.41, 5.74) is 2.75. The van der Waals surface area contributed by atoms with E-state index in [0.717, 1.165) is 23.4 Å². The highest BCUT2D eigenvalue weighted by Crippen LogP contribution is 2.27. The molecule has 1 unspecified atom stereocenters. The van der Waals surface area contributed by atoms with Crippen LogP contribution in [0.3, 0.4) is 0 Å². The maximum absolute atomic E-state index is 12.0. The van der Waals surface area contributed by atoms with Crippen molar-refractivity contribution in [3.63, 3.8) is 0 Å². The molecule has 2 nitrogen and oxygen atoms in total. The zero-order valence-corrected chi connectivity index (χ0v) is 12.7. The molecule has 1 aliphatic rings. The van der Waals surface area contributed by atoms with Gasteiger partial charge < -0.3 is 10.1 Å². The predicted molar refractivity (Wildman–Crippen MR) is 80.7 cm³/mol. The topological polar surface area (TPSA) is 21.3 Å². The monoisotopic (exact) mass is 395 g/mol. The van der Waals surface area contributed by atoms with Crippen molar-refractivity contribution in [1.29, 1.82) is 0 Å². The molecule has 0 aromatic heterocycles. The van der Waals surface area contributed by atoms with E-state index in [-0.39, 0.29) is 5.75 Å². The van der Waals surface area contributed by atoms with Crippen molar-refractivity contribution in [2.45, 2.75) is 16.5 Å². The largest absolute Gasteiger partial charge is 0.484 e. The number of hydrogen-bond acceptors (Lipinski definition) is 2. The van der Waals surface area contributed by atoms with Crippen molar-refractivity contribution >= 4 is 28.3 Å². The van der Waals surface area contributed by atoms with E-state index in [0.29, 0.717) is 3.92 Å². The summed E-state index contributed by atoms with van der Waals surface area (Å²) in [5, 5.41) is 3.20. The van der Waals surface area contributed by atoms with Crippen molar-refractivity contribution in [3.05, 3.63) is 48.2 Å². The van der Waals surface area contributed by atoms with Gasteiger partial charge in [-0.05, 0) is 36.2 Å². The molecule has 0 bridgehead atoms. The second-order valence-corrected chi connectivity index (χ2v) is 5.90. The molecule has 0 saturated carbocycles. The van der Waals surface area contributed by atoms with Crippen LogP contribution >= 0.6 is 22.6 Å². The minimum Gasteiger partial charge on any atom is -0.484 e. The van der Waals surface area contributed by atoms with E-state index < -0.39 is 12.8 Å². The van der Waals surface area contributed by atoms with Gasteiger partial charge in [0, 0.05) is 11.4 Å². The Labute approximate surface area is 128 Å². The lowest BCUT2D eigenvalue weighted by Crippen LogP contribution is -2.22. The Morgan fingerprint density at radius 2 is 1.95 bits per heavy atom. The van der Waals surface area contributed by atoms with Crippen LogP contribution in [-0.4, -0.2) is 16.7 Å². The number of ether oxygens (including phenoxy) is 1. The van der Waals surface area contributed by atoms with Gasteiger partial charge in [0.1, 0.15) is 5.75 Å². The zero-order chi connectivity index (χ0) is 14.8. The van der Waals surface area contributed by atoms with Gasteiger partial charge in [0.25, 0.3) is 0 Å². The molecule has 20 heavy (non-hydrogen) atoms. The third-order valence-electron chi connectivity index (χ3n) is 2.77. The van der Waals surface area contributed by atoms with Gasteiger partial charge in [0.05, 0.1) is 3.92 Å².